The Bertz CT molecular complexity index is 887. The summed E-state index contributed by atoms with van der Waals surface area (Å²) >= 11 is 0. The van der Waals surface area contributed by atoms with Crippen LogP contribution in [0.5, 0.6) is 11.5 Å². The van der Waals surface area contributed by atoms with Crippen molar-refractivity contribution in [2.75, 3.05) is 26.5 Å². The van der Waals surface area contributed by atoms with Crippen molar-refractivity contribution in [1.29, 1.82) is 0 Å². The Kier molecular flexibility index (Phi) is 5.93. The summed E-state index contributed by atoms with van der Waals surface area (Å²) in [5.74, 6) is 1.47. The number of nitrogens with two attached hydrogens (primary N) is 1. The predicted molar refractivity (Wildman–Crippen MR) is 113 cm³/mol. The van der Waals surface area contributed by atoms with Crippen LogP contribution in [0.15, 0.2) is 42.5 Å². The maximum atomic E-state index is 13.2. The van der Waals surface area contributed by atoms with E-state index in [0.717, 1.165) is 24.2 Å². The second kappa shape index (κ2) is 8.38. The van der Waals surface area contributed by atoms with Crippen molar-refractivity contribution in [2.24, 2.45) is 0 Å². The first-order chi connectivity index (χ1) is 13.5. The standard InChI is InChI=1S/C23H28N2O3/c1-5-18-13-17(16-6-8-19(27-3)9-7-16)10-11-25(18)23(26)20-14-22(28-4)15(2)12-21(20)24/h6-10,12,14,18H,5,11,13,24H2,1-4H3/t18-/m1/s1. The van der Waals surface area contributed by atoms with Crippen molar-refractivity contribution in [3.05, 3.63) is 59.2 Å². The van der Waals surface area contributed by atoms with Gasteiger partial charge in [0.2, 0.25) is 0 Å². The van der Waals surface area contributed by atoms with Crippen molar-refractivity contribution >= 4 is 17.2 Å². The van der Waals surface area contributed by atoms with Crippen molar-refractivity contribution in [3.63, 3.8) is 0 Å². The Hall–Kier alpha value is -2.95. The third-order valence-corrected chi connectivity index (χ3v) is 5.42. The lowest BCUT2D eigenvalue weighted by Gasteiger charge is -2.35. The molecule has 0 spiro atoms. The van der Waals surface area contributed by atoms with Gasteiger partial charge in [-0.1, -0.05) is 25.1 Å². The molecule has 5 nitrogen and oxygen atoms in total. The molecule has 1 amide bonds. The van der Waals surface area contributed by atoms with Gasteiger partial charge in [-0.15, -0.1) is 0 Å². The molecule has 1 aliphatic rings. The SMILES string of the molecule is CC[C@@H]1CC(c2ccc(OC)cc2)=CCN1C(=O)c1cc(OC)c(C)cc1N. The first kappa shape index (κ1) is 19.8. The highest BCUT2D eigenvalue weighted by molar-refractivity contribution is 6.00. The number of carbonyl (C=O) groups excluding carboxylic acids is 1. The van der Waals surface area contributed by atoms with Crippen LogP contribution in [0, 0.1) is 6.92 Å². The van der Waals surface area contributed by atoms with Crippen molar-refractivity contribution in [3.8, 4) is 11.5 Å². The molecule has 0 saturated carbocycles. The van der Waals surface area contributed by atoms with Crippen LogP contribution >= 0.6 is 0 Å². The molecule has 1 heterocycles. The smallest absolute Gasteiger partial charge is 0.256 e. The van der Waals surface area contributed by atoms with Gasteiger partial charge in [-0.25, -0.2) is 0 Å². The van der Waals surface area contributed by atoms with Crippen LogP contribution in [0.3, 0.4) is 0 Å². The summed E-state index contributed by atoms with van der Waals surface area (Å²) in [5.41, 5.74) is 10.5. The average Bonchev–Trinajstić information content (AvgIpc) is 2.73. The second-order valence-corrected chi connectivity index (χ2v) is 7.09. The number of hydrogen-bond donors (Lipinski definition) is 1. The summed E-state index contributed by atoms with van der Waals surface area (Å²) in [4.78, 5) is 15.2. The molecule has 0 saturated heterocycles. The van der Waals surface area contributed by atoms with E-state index in [1.807, 2.05) is 24.0 Å². The maximum absolute atomic E-state index is 13.2. The molecular weight excluding hydrogens is 352 g/mol. The van der Waals surface area contributed by atoms with Crippen LogP contribution in [0.2, 0.25) is 0 Å². The fraction of sp³-hybridized carbons (Fsp3) is 0.348. The fourth-order valence-electron chi connectivity index (χ4n) is 3.73. The van der Waals surface area contributed by atoms with E-state index in [4.69, 9.17) is 15.2 Å². The number of benzene rings is 2. The number of hydrogen-bond acceptors (Lipinski definition) is 4. The topological polar surface area (TPSA) is 64.8 Å². The van der Waals surface area contributed by atoms with E-state index < -0.39 is 0 Å². The first-order valence-electron chi connectivity index (χ1n) is 9.57. The van der Waals surface area contributed by atoms with E-state index in [2.05, 4.69) is 25.1 Å². The quantitative estimate of drug-likeness (QED) is 0.786. The van der Waals surface area contributed by atoms with Crippen LogP contribution < -0.4 is 15.2 Å². The lowest BCUT2D eigenvalue weighted by Crippen LogP contribution is -2.42. The van der Waals surface area contributed by atoms with Crippen molar-refractivity contribution in [1.82, 2.24) is 4.90 Å². The zero-order valence-corrected chi connectivity index (χ0v) is 17.0. The number of carbonyl (C=O) groups is 1. The van der Waals surface area contributed by atoms with Gasteiger partial charge in [0, 0.05) is 18.3 Å². The highest BCUT2D eigenvalue weighted by Gasteiger charge is 2.29. The number of nitrogens with zero attached hydrogens (tertiary/aromatic N) is 1. The number of rotatable bonds is 5. The molecule has 3 rings (SSSR count). The van der Waals surface area contributed by atoms with Crippen molar-refractivity contribution in [2.45, 2.75) is 32.7 Å². The Morgan fingerprint density at radius 2 is 1.89 bits per heavy atom. The van der Waals surface area contributed by atoms with Gasteiger partial charge in [-0.05, 0) is 60.7 Å². The molecule has 0 radical (unpaired) electrons. The zero-order valence-electron chi connectivity index (χ0n) is 17.0. The Morgan fingerprint density at radius 3 is 2.50 bits per heavy atom. The summed E-state index contributed by atoms with van der Waals surface area (Å²) in [6.45, 7) is 4.60. The highest BCUT2D eigenvalue weighted by Crippen LogP contribution is 2.32. The normalized spacial score (nSPS) is 16.5. The molecule has 0 fully saturated rings. The van der Waals surface area contributed by atoms with Gasteiger partial charge < -0.3 is 20.1 Å². The molecule has 28 heavy (non-hydrogen) atoms. The molecule has 1 atom stereocenters. The van der Waals surface area contributed by atoms with Gasteiger partial charge in [-0.2, -0.15) is 0 Å². The molecule has 0 aliphatic carbocycles. The van der Waals surface area contributed by atoms with Gasteiger partial charge in [-0.3, -0.25) is 4.79 Å². The third kappa shape index (κ3) is 3.84. The summed E-state index contributed by atoms with van der Waals surface area (Å²) in [7, 11) is 3.27. The van der Waals surface area contributed by atoms with Crippen LogP contribution in [0.25, 0.3) is 5.57 Å². The lowest BCUT2D eigenvalue weighted by atomic mass is 9.92. The minimum Gasteiger partial charge on any atom is -0.497 e. The molecule has 148 valence electrons. The molecule has 1 aliphatic heterocycles. The van der Waals surface area contributed by atoms with Crippen LogP contribution in [-0.4, -0.2) is 37.6 Å². The fourth-order valence-corrected chi connectivity index (χ4v) is 3.73. The van der Waals surface area contributed by atoms with Crippen LogP contribution in [0.4, 0.5) is 5.69 Å². The number of nitrogen functional groups attached to an aromatic ring is 1. The Balaban J connectivity index is 1.87. The van der Waals surface area contributed by atoms with E-state index in [1.54, 1.807) is 26.4 Å². The summed E-state index contributed by atoms with van der Waals surface area (Å²) in [6, 6.07) is 11.7. The molecule has 2 N–H and O–H groups in total. The van der Waals surface area contributed by atoms with Gasteiger partial charge in [0.15, 0.2) is 0 Å². The van der Waals surface area contributed by atoms with Gasteiger partial charge >= 0.3 is 0 Å². The molecule has 0 unspecified atom stereocenters. The Morgan fingerprint density at radius 1 is 1.18 bits per heavy atom. The summed E-state index contributed by atoms with van der Waals surface area (Å²) in [5, 5.41) is 0. The lowest BCUT2D eigenvalue weighted by molar-refractivity contribution is 0.0694. The maximum Gasteiger partial charge on any atom is 0.256 e. The largest absolute Gasteiger partial charge is 0.497 e. The second-order valence-electron chi connectivity index (χ2n) is 7.09. The minimum absolute atomic E-state index is 0.0484. The number of aryl methyl sites for hydroxylation is 1. The molecular formula is C23H28N2O3. The van der Waals surface area contributed by atoms with Gasteiger partial charge in [0.1, 0.15) is 11.5 Å². The van der Waals surface area contributed by atoms with E-state index in [-0.39, 0.29) is 11.9 Å². The number of ether oxygens (including phenoxy) is 2. The van der Waals surface area contributed by atoms with E-state index in [9.17, 15) is 4.79 Å². The molecule has 2 aromatic rings. The number of amides is 1. The minimum atomic E-state index is -0.0484. The molecule has 5 heteroatoms. The van der Waals surface area contributed by atoms with E-state index in [0.29, 0.717) is 23.5 Å². The average molecular weight is 380 g/mol. The van der Waals surface area contributed by atoms with Gasteiger partial charge in [0.25, 0.3) is 5.91 Å². The summed E-state index contributed by atoms with van der Waals surface area (Å²) in [6.07, 6.45) is 3.83. The number of methoxy groups -OCH3 is 2. The van der Waals surface area contributed by atoms with Crippen molar-refractivity contribution < 1.29 is 14.3 Å². The highest BCUT2D eigenvalue weighted by atomic mass is 16.5. The Labute approximate surface area is 166 Å². The predicted octanol–water partition coefficient (Wildman–Crippen LogP) is 4.30. The monoisotopic (exact) mass is 380 g/mol. The molecule has 2 aromatic carbocycles. The van der Waals surface area contributed by atoms with Crippen LogP contribution in [-0.2, 0) is 0 Å². The van der Waals surface area contributed by atoms with Gasteiger partial charge in [0.05, 0.1) is 19.8 Å². The summed E-state index contributed by atoms with van der Waals surface area (Å²) < 4.78 is 10.6. The van der Waals surface area contributed by atoms with Crippen LogP contribution in [0.1, 0.15) is 41.3 Å². The number of anilines is 1. The van der Waals surface area contributed by atoms with E-state index >= 15 is 0 Å². The molecule has 0 aromatic heterocycles. The van der Waals surface area contributed by atoms with E-state index in [1.165, 1.54) is 11.1 Å². The third-order valence-electron chi connectivity index (χ3n) is 5.42. The molecule has 0 bridgehead atoms. The first-order valence-corrected chi connectivity index (χ1v) is 9.57. The zero-order chi connectivity index (χ0) is 20.3.